The molecule has 8 nitrogen and oxygen atoms in total. The molecule has 9 heteroatoms. The van der Waals surface area contributed by atoms with Crippen LogP contribution in [0.1, 0.15) is 37.3 Å². The maximum Gasteiger partial charge on any atom is 0.332 e. The van der Waals surface area contributed by atoms with E-state index >= 15 is 0 Å². The van der Waals surface area contributed by atoms with Crippen LogP contribution in [0, 0.1) is 10.1 Å². The van der Waals surface area contributed by atoms with Crippen LogP contribution in [-0.2, 0) is 4.74 Å². The van der Waals surface area contributed by atoms with Gasteiger partial charge >= 0.3 is 5.69 Å². The molecule has 1 aromatic rings. The van der Waals surface area contributed by atoms with Crippen molar-refractivity contribution in [3.05, 3.63) is 15.8 Å². The average molecular weight is 339 g/mol. The van der Waals surface area contributed by atoms with Crippen LogP contribution in [0.25, 0.3) is 0 Å². The van der Waals surface area contributed by atoms with Gasteiger partial charge in [-0.05, 0) is 37.2 Å². The second-order valence-corrected chi connectivity index (χ2v) is 7.07. The number of hydrogen-bond donors (Lipinski definition) is 2. The zero-order valence-corrected chi connectivity index (χ0v) is 13.7. The summed E-state index contributed by atoms with van der Waals surface area (Å²) in [6, 6.07) is 0.305. The van der Waals surface area contributed by atoms with Gasteiger partial charge in [-0.15, -0.1) is 0 Å². The van der Waals surface area contributed by atoms with E-state index in [1.807, 2.05) is 11.8 Å². The van der Waals surface area contributed by atoms with Gasteiger partial charge in [0, 0.05) is 25.2 Å². The lowest BCUT2D eigenvalue weighted by Gasteiger charge is -2.24. The highest BCUT2D eigenvalue weighted by Crippen LogP contribution is 2.35. The quantitative estimate of drug-likeness (QED) is 0.633. The molecule has 2 fully saturated rings. The van der Waals surface area contributed by atoms with Crippen LogP contribution >= 0.6 is 11.8 Å². The number of nitrogens with zero attached hydrogens (tertiary/aromatic N) is 3. The Bertz CT molecular complexity index is 574. The second kappa shape index (κ2) is 7.31. The minimum absolute atomic E-state index is 0.00286. The Balaban J connectivity index is 1.88. The SMILES string of the molecule is Nc1nc(NC2CCSCC2)nc(C2CCOCC2)c1[N+](=O)[O-]. The van der Waals surface area contributed by atoms with E-state index in [2.05, 4.69) is 15.3 Å². The highest BCUT2D eigenvalue weighted by atomic mass is 32.2. The molecule has 23 heavy (non-hydrogen) atoms. The molecule has 3 heterocycles. The third-order valence-corrected chi connectivity index (χ3v) is 5.33. The van der Waals surface area contributed by atoms with E-state index in [4.69, 9.17) is 10.5 Å². The number of rotatable bonds is 4. The highest BCUT2D eigenvalue weighted by Gasteiger charge is 2.30. The lowest BCUT2D eigenvalue weighted by Crippen LogP contribution is -2.26. The predicted octanol–water partition coefficient (Wildman–Crippen LogP) is 2.17. The lowest BCUT2D eigenvalue weighted by molar-refractivity contribution is -0.385. The fourth-order valence-electron chi connectivity index (χ4n) is 3.02. The van der Waals surface area contributed by atoms with Crippen molar-refractivity contribution in [2.75, 3.05) is 35.8 Å². The molecule has 3 N–H and O–H groups in total. The van der Waals surface area contributed by atoms with Crippen molar-refractivity contribution in [2.24, 2.45) is 0 Å². The van der Waals surface area contributed by atoms with Crippen LogP contribution in [0.4, 0.5) is 17.5 Å². The van der Waals surface area contributed by atoms with Crippen molar-refractivity contribution in [3.63, 3.8) is 0 Å². The van der Waals surface area contributed by atoms with Crippen LogP contribution in [0.3, 0.4) is 0 Å². The number of hydrogen-bond acceptors (Lipinski definition) is 8. The molecule has 2 aliphatic rings. The molecule has 126 valence electrons. The van der Waals surface area contributed by atoms with Crippen molar-refractivity contribution >= 4 is 29.2 Å². The smallest absolute Gasteiger partial charge is 0.332 e. The van der Waals surface area contributed by atoms with Crippen LogP contribution < -0.4 is 11.1 Å². The molecule has 0 atom stereocenters. The van der Waals surface area contributed by atoms with E-state index in [0.717, 1.165) is 37.2 Å². The normalized spacial score (nSPS) is 20.3. The molecule has 0 spiro atoms. The first-order chi connectivity index (χ1) is 11.1. The van der Waals surface area contributed by atoms with Crippen molar-refractivity contribution in [3.8, 4) is 0 Å². The zero-order chi connectivity index (χ0) is 16.2. The monoisotopic (exact) mass is 339 g/mol. The molecule has 0 aromatic carbocycles. The van der Waals surface area contributed by atoms with E-state index in [0.29, 0.717) is 30.9 Å². The van der Waals surface area contributed by atoms with E-state index in [1.54, 1.807) is 0 Å². The van der Waals surface area contributed by atoms with Gasteiger partial charge in [0.2, 0.25) is 11.8 Å². The molecular formula is C14H21N5O3S. The van der Waals surface area contributed by atoms with Crippen molar-refractivity contribution in [1.29, 1.82) is 0 Å². The number of nitrogens with two attached hydrogens (primary N) is 1. The fraction of sp³-hybridized carbons (Fsp3) is 0.714. The molecule has 0 bridgehead atoms. The topological polar surface area (TPSA) is 116 Å². The molecule has 0 amide bonds. The molecule has 0 unspecified atom stereocenters. The molecule has 0 saturated carbocycles. The number of nitro groups is 1. The largest absolute Gasteiger partial charge is 0.381 e. The summed E-state index contributed by atoms with van der Waals surface area (Å²) in [6.07, 6.45) is 3.52. The van der Waals surface area contributed by atoms with Crippen molar-refractivity contribution in [2.45, 2.75) is 37.6 Å². The van der Waals surface area contributed by atoms with Gasteiger partial charge in [-0.2, -0.15) is 16.7 Å². The Hall–Kier alpha value is -1.61. The van der Waals surface area contributed by atoms with Crippen LogP contribution in [0.5, 0.6) is 0 Å². The van der Waals surface area contributed by atoms with Crippen LogP contribution in [-0.4, -0.2) is 45.7 Å². The van der Waals surface area contributed by atoms with E-state index in [-0.39, 0.29) is 17.4 Å². The standard InChI is InChI=1S/C14H21N5O3S/c15-13-12(19(20)21)11(9-1-5-22-6-2-9)17-14(18-13)16-10-3-7-23-8-4-10/h9-10H,1-8H2,(H3,15,16,17,18). The molecule has 0 radical (unpaired) electrons. The summed E-state index contributed by atoms with van der Waals surface area (Å²) >= 11 is 1.94. The number of nitrogens with one attached hydrogen (secondary N) is 1. The number of aromatic nitrogens is 2. The summed E-state index contributed by atoms with van der Waals surface area (Å²) in [7, 11) is 0. The third-order valence-electron chi connectivity index (χ3n) is 4.28. The second-order valence-electron chi connectivity index (χ2n) is 5.84. The molecule has 3 rings (SSSR count). The minimum Gasteiger partial charge on any atom is -0.381 e. The molecule has 1 aromatic heterocycles. The molecule has 2 aliphatic heterocycles. The van der Waals surface area contributed by atoms with Crippen molar-refractivity contribution in [1.82, 2.24) is 9.97 Å². The average Bonchev–Trinajstić information content (AvgIpc) is 2.55. The maximum atomic E-state index is 11.4. The summed E-state index contributed by atoms with van der Waals surface area (Å²) in [6.45, 7) is 1.18. The summed E-state index contributed by atoms with van der Waals surface area (Å²) in [5.74, 6) is 2.56. The van der Waals surface area contributed by atoms with E-state index in [9.17, 15) is 10.1 Å². The Morgan fingerprint density at radius 3 is 2.57 bits per heavy atom. The first kappa shape index (κ1) is 16.3. The van der Waals surface area contributed by atoms with Gasteiger partial charge in [0.25, 0.3) is 0 Å². The fourth-order valence-corrected chi connectivity index (χ4v) is 4.13. The molecule has 2 saturated heterocycles. The maximum absolute atomic E-state index is 11.4. The van der Waals surface area contributed by atoms with Crippen molar-refractivity contribution < 1.29 is 9.66 Å². The Morgan fingerprint density at radius 1 is 1.22 bits per heavy atom. The number of ether oxygens (including phenoxy) is 1. The van der Waals surface area contributed by atoms with Gasteiger partial charge in [-0.3, -0.25) is 10.1 Å². The summed E-state index contributed by atoms with van der Waals surface area (Å²) in [5.41, 5.74) is 6.16. The highest BCUT2D eigenvalue weighted by molar-refractivity contribution is 7.99. The minimum atomic E-state index is -0.471. The van der Waals surface area contributed by atoms with Gasteiger partial charge < -0.3 is 15.8 Å². The van der Waals surface area contributed by atoms with Crippen LogP contribution in [0.2, 0.25) is 0 Å². The summed E-state index contributed by atoms with van der Waals surface area (Å²) < 4.78 is 5.34. The summed E-state index contributed by atoms with van der Waals surface area (Å²) in [4.78, 5) is 19.5. The van der Waals surface area contributed by atoms with E-state index in [1.165, 1.54) is 0 Å². The van der Waals surface area contributed by atoms with Crippen LogP contribution in [0.15, 0.2) is 0 Å². The van der Waals surface area contributed by atoms with Gasteiger partial charge in [-0.25, -0.2) is 4.98 Å². The number of nitrogen functional groups attached to an aromatic ring is 1. The lowest BCUT2D eigenvalue weighted by atomic mass is 9.95. The van der Waals surface area contributed by atoms with Gasteiger partial charge in [0.15, 0.2) is 0 Å². The van der Waals surface area contributed by atoms with Gasteiger partial charge in [0.1, 0.15) is 5.69 Å². The Kier molecular flexibility index (Phi) is 5.16. The van der Waals surface area contributed by atoms with Gasteiger partial charge in [0.05, 0.1) is 4.92 Å². The number of thioether (sulfide) groups is 1. The first-order valence-corrected chi connectivity index (χ1v) is 9.04. The Labute approximate surface area is 138 Å². The number of anilines is 2. The molecular weight excluding hydrogens is 318 g/mol. The zero-order valence-electron chi connectivity index (χ0n) is 12.9. The molecule has 0 aliphatic carbocycles. The predicted molar refractivity (Wildman–Crippen MR) is 89.9 cm³/mol. The summed E-state index contributed by atoms with van der Waals surface area (Å²) in [5, 5.41) is 14.7. The van der Waals surface area contributed by atoms with E-state index < -0.39 is 4.92 Å². The third kappa shape index (κ3) is 3.84. The van der Waals surface area contributed by atoms with Gasteiger partial charge in [-0.1, -0.05) is 0 Å². The Morgan fingerprint density at radius 2 is 1.91 bits per heavy atom. The first-order valence-electron chi connectivity index (χ1n) is 7.89.